The third-order valence-corrected chi connectivity index (χ3v) is 2.69. The molecule has 0 unspecified atom stereocenters. The Morgan fingerprint density at radius 2 is 1.87 bits per heavy atom. The predicted octanol–water partition coefficient (Wildman–Crippen LogP) is 0.119. The number of aromatic nitrogens is 2. The van der Waals surface area contributed by atoms with Crippen molar-refractivity contribution in [2.24, 2.45) is 0 Å². The van der Waals surface area contributed by atoms with Gasteiger partial charge in [0.1, 0.15) is 5.82 Å². The zero-order valence-electron chi connectivity index (χ0n) is 9.27. The molecule has 15 heavy (non-hydrogen) atoms. The van der Waals surface area contributed by atoms with Crippen LogP contribution in [0.25, 0.3) is 0 Å². The van der Waals surface area contributed by atoms with Gasteiger partial charge >= 0.3 is 0 Å². The van der Waals surface area contributed by atoms with Gasteiger partial charge in [0.2, 0.25) is 5.95 Å². The molecule has 5 heteroatoms. The molecule has 0 bridgehead atoms. The standard InChI is InChI=1S/C10H17N5/c1-8-7-9(13-10(11)12-8)15-5-3-14(2)4-6-15/h7H,3-6H2,1-2H3,(H2,11,12,13). The van der Waals surface area contributed by atoms with E-state index in [1.807, 2.05) is 13.0 Å². The molecule has 82 valence electrons. The third kappa shape index (κ3) is 2.36. The lowest BCUT2D eigenvalue weighted by molar-refractivity contribution is 0.312. The number of hydrogen-bond donors (Lipinski definition) is 1. The topological polar surface area (TPSA) is 58.3 Å². The molecular formula is C10H17N5. The largest absolute Gasteiger partial charge is 0.368 e. The van der Waals surface area contributed by atoms with Crippen LogP contribution >= 0.6 is 0 Å². The van der Waals surface area contributed by atoms with Crippen LogP contribution < -0.4 is 10.6 Å². The molecule has 1 aromatic heterocycles. The van der Waals surface area contributed by atoms with Gasteiger partial charge in [0.15, 0.2) is 0 Å². The summed E-state index contributed by atoms with van der Waals surface area (Å²) in [7, 11) is 2.14. The molecule has 5 nitrogen and oxygen atoms in total. The minimum absolute atomic E-state index is 0.365. The fraction of sp³-hybridized carbons (Fsp3) is 0.600. The SMILES string of the molecule is Cc1cc(N2CCN(C)CC2)nc(N)n1. The van der Waals surface area contributed by atoms with Gasteiger partial charge < -0.3 is 15.5 Å². The van der Waals surface area contributed by atoms with Crippen LogP contribution in [0.1, 0.15) is 5.69 Å². The van der Waals surface area contributed by atoms with Crippen LogP contribution in [0, 0.1) is 6.92 Å². The number of nitrogens with two attached hydrogens (primary N) is 1. The van der Waals surface area contributed by atoms with Gasteiger partial charge in [0.05, 0.1) is 0 Å². The van der Waals surface area contributed by atoms with E-state index in [4.69, 9.17) is 5.73 Å². The first-order chi connectivity index (χ1) is 7.15. The summed E-state index contributed by atoms with van der Waals surface area (Å²) in [4.78, 5) is 12.9. The van der Waals surface area contributed by atoms with E-state index in [2.05, 4.69) is 26.8 Å². The summed E-state index contributed by atoms with van der Waals surface area (Å²) < 4.78 is 0. The Morgan fingerprint density at radius 1 is 1.20 bits per heavy atom. The molecule has 0 spiro atoms. The molecule has 0 saturated carbocycles. The maximum Gasteiger partial charge on any atom is 0.222 e. The number of anilines is 2. The van der Waals surface area contributed by atoms with Gasteiger partial charge in [-0.1, -0.05) is 0 Å². The number of rotatable bonds is 1. The Hall–Kier alpha value is -1.36. The minimum atomic E-state index is 0.365. The molecule has 1 aromatic rings. The fourth-order valence-electron chi connectivity index (χ4n) is 1.77. The molecule has 1 fully saturated rings. The van der Waals surface area contributed by atoms with Gasteiger partial charge in [-0.05, 0) is 14.0 Å². The average Bonchev–Trinajstić information content (AvgIpc) is 2.17. The van der Waals surface area contributed by atoms with E-state index < -0.39 is 0 Å². The van der Waals surface area contributed by atoms with Crippen molar-refractivity contribution in [2.45, 2.75) is 6.92 Å². The Kier molecular flexibility index (Phi) is 2.73. The summed E-state index contributed by atoms with van der Waals surface area (Å²) in [5.41, 5.74) is 6.56. The van der Waals surface area contributed by atoms with Gasteiger partial charge in [0, 0.05) is 37.9 Å². The van der Waals surface area contributed by atoms with Gasteiger partial charge in [-0.25, -0.2) is 4.98 Å². The Balaban J connectivity index is 2.15. The van der Waals surface area contributed by atoms with E-state index in [0.717, 1.165) is 37.7 Å². The Bertz CT molecular complexity index is 323. The highest BCUT2D eigenvalue weighted by atomic mass is 15.3. The second-order valence-corrected chi connectivity index (χ2v) is 4.02. The number of likely N-dealkylation sites (N-methyl/N-ethyl adjacent to an activating group) is 1. The average molecular weight is 207 g/mol. The van der Waals surface area contributed by atoms with Gasteiger partial charge in [-0.3, -0.25) is 0 Å². The van der Waals surface area contributed by atoms with E-state index in [1.54, 1.807) is 0 Å². The number of nitrogens with zero attached hydrogens (tertiary/aromatic N) is 4. The number of hydrogen-bond acceptors (Lipinski definition) is 5. The molecule has 0 amide bonds. The molecule has 2 N–H and O–H groups in total. The number of piperazine rings is 1. The monoisotopic (exact) mass is 207 g/mol. The number of aryl methyl sites for hydroxylation is 1. The van der Waals surface area contributed by atoms with E-state index in [9.17, 15) is 0 Å². The summed E-state index contributed by atoms with van der Waals surface area (Å²) in [6, 6.07) is 1.99. The maximum absolute atomic E-state index is 5.63. The minimum Gasteiger partial charge on any atom is -0.368 e. The van der Waals surface area contributed by atoms with Crippen molar-refractivity contribution < 1.29 is 0 Å². The molecule has 0 atom stereocenters. The summed E-state index contributed by atoms with van der Waals surface area (Å²) in [6.45, 7) is 6.10. The highest BCUT2D eigenvalue weighted by molar-refractivity contribution is 5.43. The van der Waals surface area contributed by atoms with Crippen LogP contribution in [0.15, 0.2) is 6.07 Å². The molecule has 0 aliphatic carbocycles. The van der Waals surface area contributed by atoms with Gasteiger partial charge in [-0.2, -0.15) is 4.98 Å². The van der Waals surface area contributed by atoms with Gasteiger partial charge in [-0.15, -0.1) is 0 Å². The van der Waals surface area contributed by atoms with Crippen molar-refractivity contribution >= 4 is 11.8 Å². The molecule has 1 saturated heterocycles. The fourth-order valence-corrected chi connectivity index (χ4v) is 1.77. The number of nitrogen functional groups attached to an aromatic ring is 1. The molecule has 0 aromatic carbocycles. The summed E-state index contributed by atoms with van der Waals surface area (Å²) in [6.07, 6.45) is 0. The molecule has 2 heterocycles. The lowest BCUT2D eigenvalue weighted by Gasteiger charge is -2.33. The van der Waals surface area contributed by atoms with Crippen LogP contribution in [0.4, 0.5) is 11.8 Å². The molecular weight excluding hydrogens is 190 g/mol. The van der Waals surface area contributed by atoms with Crippen LogP contribution in [0.5, 0.6) is 0 Å². The smallest absolute Gasteiger partial charge is 0.222 e. The second kappa shape index (κ2) is 4.02. The molecule has 0 radical (unpaired) electrons. The van der Waals surface area contributed by atoms with Crippen LogP contribution in [-0.2, 0) is 0 Å². The highest BCUT2D eigenvalue weighted by Gasteiger charge is 2.15. The van der Waals surface area contributed by atoms with E-state index in [1.165, 1.54) is 0 Å². The molecule has 1 aliphatic rings. The van der Waals surface area contributed by atoms with Crippen molar-refractivity contribution in [3.63, 3.8) is 0 Å². The Morgan fingerprint density at radius 3 is 2.47 bits per heavy atom. The first-order valence-corrected chi connectivity index (χ1v) is 5.20. The predicted molar refractivity (Wildman–Crippen MR) is 60.9 cm³/mol. The van der Waals surface area contributed by atoms with E-state index in [-0.39, 0.29) is 0 Å². The molecule has 1 aliphatic heterocycles. The lowest BCUT2D eigenvalue weighted by atomic mass is 10.3. The van der Waals surface area contributed by atoms with Crippen molar-refractivity contribution in [3.05, 3.63) is 11.8 Å². The zero-order valence-corrected chi connectivity index (χ0v) is 9.27. The first-order valence-electron chi connectivity index (χ1n) is 5.20. The quantitative estimate of drug-likeness (QED) is 0.708. The highest BCUT2D eigenvalue weighted by Crippen LogP contribution is 2.14. The van der Waals surface area contributed by atoms with E-state index >= 15 is 0 Å². The van der Waals surface area contributed by atoms with Crippen molar-refractivity contribution in [2.75, 3.05) is 43.9 Å². The Labute approximate surface area is 89.9 Å². The van der Waals surface area contributed by atoms with Crippen molar-refractivity contribution in [3.8, 4) is 0 Å². The van der Waals surface area contributed by atoms with Gasteiger partial charge in [0.25, 0.3) is 0 Å². The molecule has 2 rings (SSSR count). The summed E-state index contributed by atoms with van der Waals surface area (Å²) >= 11 is 0. The normalized spacial score (nSPS) is 18.1. The van der Waals surface area contributed by atoms with Crippen LogP contribution in [0.2, 0.25) is 0 Å². The first kappa shape index (κ1) is 10.2. The lowest BCUT2D eigenvalue weighted by Crippen LogP contribution is -2.44. The second-order valence-electron chi connectivity index (χ2n) is 4.02. The summed E-state index contributed by atoms with van der Waals surface area (Å²) in [5, 5.41) is 0. The zero-order chi connectivity index (χ0) is 10.8. The van der Waals surface area contributed by atoms with Crippen LogP contribution in [0.3, 0.4) is 0 Å². The maximum atomic E-state index is 5.63. The third-order valence-electron chi connectivity index (χ3n) is 2.69. The van der Waals surface area contributed by atoms with Crippen LogP contribution in [-0.4, -0.2) is 48.1 Å². The summed E-state index contributed by atoms with van der Waals surface area (Å²) in [5.74, 6) is 1.32. The van der Waals surface area contributed by atoms with Crippen molar-refractivity contribution in [1.82, 2.24) is 14.9 Å². The van der Waals surface area contributed by atoms with Crippen molar-refractivity contribution in [1.29, 1.82) is 0 Å². The van der Waals surface area contributed by atoms with E-state index in [0.29, 0.717) is 5.95 Å².